The van der Waals surface area contributed by atoms with Gasteiger partial charge in [0, 0.05) is 28.2 Å². The molecule has 3 atom stereocenters. The van der Waals surface area contributed by atoms with Crippen molar-refractivity contribution in [2.75, 3.05) is 6.54 Å². The number of carboxylic acids is 2. The summed E-state index contributed by atoms with van der Waals surface area (Å²) >= 11 is 1.43. The van der Waals surface area contributed by atoms with Crippen molar-refractivity contribution in [2.24, 2.45) is 5.92 Å². The number of thioether (sulfide) groups is 1. The minimum absolute atomic E-state index is 0.167. The molecule has 0 bridgehead atoms. The molecule has 0 unspecified atom stereocenters. The SMILES string of the molecule is O=C(O)C[C@H]1[C@@H](Sc2ccc3ccccc3c2)CN(C(=O)c2ccccc2)[C@@H]1C(=O)O. The summed E-state index contributed by atoms with van der Waals surface area (Å²) < 4.78 is 0. The summed E-state index contributed by atoms with van der Waals surface area (Å²) in [5.74, 6) is -3.37. The first-order valence-corrected chi connectivity index (χ1v) is 10.8. The lowest BCUT2D eigenvalue weighted by molar-refractivity contribution is -0.144. The molecule has 1 aliphatic heterocycles. The van der Waals surface area contributed by atoms with E-state index in [0.29, 0.717) is 5.56 Å². The molecule has 6 nitrogen and oxygen atoms in total. The Labute approximate surface area is 183 Å². The van der Waals surface area contributed by atoms with Gasteiger partial charge < -0.3 is 15.1 Å². The zero-order chi connectivity index (χ0) is 22.0. The van der Waals surface area contributed by atoms with Crippen LogP contribution < -0.4 is 0 Å². The van der Waals surface area contributed by atoms with Crippen molar-refractivity contribution in [1.82, 2.24) is 4.90 Å². The highest BCUT2D eigenvalue weighted by Gasteiger charge is 2.49. The Morgan fingerprint density at radius 2 is 1.58 bits per heavy atom. The number of fused-ring (bicyclic) bond motifs is 1. The fourth-order valence-electron chi connectivity index (χ4n) is 4.13. The summed E-state index contributed by atoms with van der Waals surface area (Å²) in [4.78, 5) is 38.9. The quantitative estimate of drug-likeness (QED) is 0.608. The largest absolute Gasteiger partial charge is 0.481 e. The van der Waals surface area contributed by atoms with E-state index < -0.39 is 29.8 Å². The van der Waals surface area contributed by atoms with Crippen molar-refractivity contribution < 1.29 is 24.6 Å². The zero-order valence-corrected chi connectivity index (χ0v) is 17.4. The number of aliphatic carboxylic acids is 2. The van der Waals surface area contributed by atoms with Crippen LogP contribution in [0.1, 0.15) is 16.8 Å². The third kappa shape index (κ3) is 4.41. The lowest BCUT2D eigenvalue weighted by Gasteiger charge is -2.24. The maximum Gasteiger partial charge on any atom is 0.326 e. The van der Waals surface area contributed by atoms with Gasteiger partial charge in [-0.15, -0.1) is 11.8 Å². The van der Waals surface area contributed by atoms with Gasteiger partial charge in [0.2, 0.25) is 0 Å². The topological polar surface area (TPSA) is 94.9 Å². The van der Waals surface area contributed by atoms with E-state index in [1.54, 1.807) is 30.3 Å². The molecule has 1 fully saturated rings. The Bertz CT molecular complexity index is 1130. The van der Waals surface area contributed by atoms with Gasteiger partial charge in [-0.05, 0) is 35.0 Å². The maximum atomic E-state index is 13.1. The van der Waals surface area contributed by atoms with E-state index in [-0.39, 0.29) is 18.2 Å². The van der Waals surface area contributed by atoms with Crippen LogP contribution in [0.25, 0.3) is 10.8 Å². The van der Waals surface area contributed by atoms with Gasteiger partial charge in [-0.2, -0.15) is 0 Å². The Hall–Kier alpha value is -3.32. The Morgan fingerprint density at radius 1 is 0.903 bits per heavy atom. The standard InChI is InChI=1S/C24H21NO5S/c26-21(27)13-19-20(31-18-11-10-15-6-4-5-9-17(15)12-18)14-25(22(19)24(29)30)23(28)16-7-2-1-3-8-16/h1-12,19-20,22H,13-14H2,(H,26,27)(H,29,30)/t19-,20-,22-/m0/s1. The molecule has 158 valence electrons. The molecular formula is C24H21NO5S. The van der Waals surface area contributed by atoms with Gasteiger partial charge in [-0.25, -0.2) is 4.79 Å². The van der Waals surface area contributed by atoms with E-state index in [2.05, 4.69) is 0 Å². The molecule has 0 spiro atoms. The van der Waals surface area contributed by atoms with Gasteiger partial charge in [0.15, 0.2) is 0 Å². The number of likely N-dealkylation sites (tertiary alicyclic amines) is 1. The van der Waals surface area contributed by atoms with Gasteiger partial charge >= 0.3 is 11.9 Å². The fourth-order valence-corrected chi connectivity index (χ4v) is 5.48. The molecule has 7 heteroatoms. The predicted molar refractivity (Wildman–Crippen MR) is 118 cm³/mol. The highest BCUT2D eigenvalue weighted by atomic mass is 32.2. The summed E-state index contributed by atoms with van der Waals surface area (Å²) in [5.41, 5.74) is 0.388. The molecule has 0 aromatic heterocycles. The second-order valence-corrected chi connectivity index (χ2v) is 8.85. The summed E-state index contributed by atoms with van der Waals surface area (Å²) in [6.45, 7) is 0.167. The molecule has 0 aliphatic carbocycles. The predicted octanol–water partition coefficient (Wildman–Crippen LogP) is 4.00. The first-order chi connectivity index (χ1) is 14.9. The van der Waals surface area contributed by atoms with E-state index in [4.69, 9.17) is 0 Å². The van der Waals surface area contributed by atoms with E-state index in [9.17, 15) is 24.6 Å². The van der Waals surface area contributed by atoms with Crippen molar-refractivity contribution in [1.29, 1.82) is 0 Å². The van der Waals surface area contributed by atoms with Crippen LogP contribution in [-0.4, -0.2) is 50.8 Å². The number of rotatable bonds is 6. The molecule has 1 amide bonds. The molecule has 3 aromatic rings. The molecule has 0 radical (unpaired) electrons. The Kier molecular flexibility index (Phi) is 5.95. The summed E-state index contributed by atoms with van der Waals surface area (Å²) in [6.07, 6.45) is -0.319. The normalized spacial score (nSPS) is 20.6. The number of carbonyl (C=O) groups is 3. The van der Waals surface area contributed by atoms with Crippen LogP contribution in [0.4, 0.5) is 0 Å². The van der Waals surface area contributed by atoms with Crippen LogP contribution in [-0.2, 0) is 9.59 Å². The van der Waals surface area contributed by atoms with Crippen LogP contribution in [0, 0.1) is 5.92 Å². The fraction of sp³-hybridized carbons (Fsp3) is 0.208. The number of carbonyl (C=O) groups excluding carboxylic acids is 1. The number of hydrogen-bond acceptors (Lipinski definition) is 4. The molecule has 4 rings (SSSR count). The molecule has 3 aromatic carbocycles. The molecule has 2 N–H and O–H groups in total. The third-order valence-electron chi connectivity index (χ3n) is 5.55. The summed E-state index contributed by atoms with van der Waals surface area (Å²) in [5, 5.41) is 21.1. The maximum absolute atomic E-state index is 13.1. The van der Waals surface area contributed by atoms with E-state index in [1.165, 1.54) is 16.7 Å². The summed E-state index contributed by atoms with van der Waals surface area (Å²) in [6, 6.07) is 21.1. The number of amides is 1. The van der Waals surface area contributed by atoms with E-state index in [0.717, 1.165) is 15.7 Å². The van der Waals surface area contributed by atoms with Crippen LogP contribution in [0.2, 0.25) is 0 Å². The van der Waals surface area contributed by atoms with Crippen LogP contribution in [0.3, 0.4) is 0 Å². The molecular weight excluding hydrogens is 414 g/mol. The minimum Gasteiger partial charge on any atom is -0.481 e. The van der Waals surface area contributed by atoms with Crippen LogP contribution in [0.15, 0.2) is 77.7 Å². The van der Waals surface area contributed by atoms with Crippen molar-refractivity contribution in [3.05, 3.63) is 78.4 Å². The first kappa shape index (κ1) is 20.9. The van der Waals surface area contributed by atoms with Gasteiger partial charge in [0.25, 0.3) is 5.91 Å². The Balaban J connectivity index is 1.66. The second-order valence-electron chi connectivity index (χ2n) is 7.53. The lowest BCUT2D eigenvalue weighted by Crippen LogP contribution is -2.43. The van der Waals surface area contributed by atoms with E-state index >= 15 is 0 Å². The average molecular weight is 436 g/mol. The highest BCUT2D eigenvalue weighted by Crippen LogP contribution is 2.40. The third-order valence-corrected chi connectivity index (χ3v) is 6.88. The van der Waals surface area contributed by atoms with Gasteiger partial charge in [0.05, 0.1) is 6.42 Å². The molecule has 1 saturated heterocycles. The zero-order valence-electron chi connectivity index (χ0n) is 16.5. The Morgan fingerprint density at radius 3 is 2.26 bits per heavy atom. The molecule has 1 heterocycles. The van der Waals surface area contributed by atoms with Crippen molar-refractivity contribution in [2.45, 2.75) is 22.6 Å². The smallest absolute Gasteiger partial charge is 0.326 e. The number of nitrogens with zero attached hydrogens (tertiary/aromatic N) is 1. The first-order valence-electron chi connectivity index (χ1n) is 9.90. The van der Waals surface area contributed by atoms with Crippen LogP contribution in [0.5, 0.6) is 0 Å². The van der Waals surface area contributed by atoms with Crippen molar-refractivity contribution in [3.63, 3.8) is 0 Å². The molecule has 1 aliphatic rings. The monoisotopic (exact) mass is 435 g/mol. The van der Waals surface area contributed by atoms with Gasteiger partial charge in [-0.3, -0.25) is 9.59 Å². The van der Waals surface area contributed by atoms with Gasteiger partial charge in [-0.1, -0.05) is 48.5 Å². The van der Waals surface area contributed by atoms with Crippen molar-refractivity contribution in [3.8, 4) is 0 Å². The molecule has 0 saturated carbocycles. The van der Waals surface area contributed by atoms with Crippen LogP contribution >= 0.6 is 11.8 Å². The van der Waals surface area contributed by atoms with Crippen molar-refractivity contribution >= 4 is 40.4 Å². The second kappa shape index (κ2) is 8.81. The van der Waals surface area contributed by atoms with Gasteiger partial charge in [0.1, 0.15) is 6.04 Å². The average Bonchev–Trinajstić information content (AvgIpc) is 3.11. The number of benzene rings is 3. The van der Waals surface area contributed by atoms with E-state index in [1.807, 2.05) is 42.5 Å². The minimum atomic E-state index is -1.19. The number of hydrogen-bond donors (Lipinski definition) is 2. The highest BCUT2D eigenvalue weighted by molar-refractivity contribution is 8.00. The molecule has 31 heavy (non-hydrogen) atoms. The summed E-state index contributed by atoms with van der Waals surface area (Å²) in [7, 11) is 0. The number of carboxylic acid groups (broad SMARTS) is 2. The lowest BCUT2D eigenvalue weighted by atomic mass is 9.96.